The summed E-state index contributed by atoms with van der Waals surface area (Å²) < 4.78 is 30.2. The Hall–Kier alpha value is -2.31. The molecule has 5 nitrogen and oxygen atoms in total. The van der Waals surface area contributed by atoms with Gasteiger partial charge in [0.25, 0.3) is 11.8 Å². The number of hydrogen-bond acceptors (Lipinski definition) is 4. The minimum Gasteiger partial charge on any atom is -0.415 e. The van der Waals surface area contributed by atoms with Crippen LogP contribution < -0.4 is 0 Å². The highest BCUT2D eigenvalue weighted by Crippen LogP contribution is 2.35. The summed E-state index contributed by atoms with van der Waals surface area (Å²) in [6.07, 6.45) is 1.75. The highest BCUT2D eigenvalue weighted by Gasteiger charge is 2.36. The van der Waals surface area contributed by atoms with Crippen molar-refractivity contribution in [2.24, 2.45) is 5.92 Å². The van der Waals surface area contributed by atoms with Crippen molar-refractivity contribution < 1.29 is 18.0 Å². The Bertz CT molecular complexity index is 805. The average Bonchev–Trinajstić information content (AvgIpc) is 3.21. The molecular weight excluding hydrogens is 328 g/mol. The van der Waals surface area contributed by atoms with Crippen LogP contribution in [0.25, 0.3) is 11.5 Å². The van der Waals surface area contributed by atoms with E-state index in [1.54, 1.807) is 12.1 Å². The first-order chi connectivity index (χ1) is 12.0. The molecule has 2 aliphatic rings. The van der Waals surface area contributed by atoms with Crippen LogP contribution >= 0.6 is 0 Å². The molecule has 25 heavy (non-hydrogen) atoms. The number of carbonyl (C=O) groups excluding carboxylic acids is 1. The van der Waals surface area contributed by atoms with E-state index in [-0.39, 0.29) is 17.8 Å². The van der Waals surface area contributed by atoms with Gasteiger partial charge in [-0.3, -0.25) is 4.79 Å². The fourth-order valence-electron chi connectivity index (χ4n) is 3.92. The van der Waals surface area contributed by atoms with E-state index in [2.05, 4.69) is 17.1 Å². The minimum absolute atomic E-state index is 0.00389. The summed E-state index contributed by atoms with van der Waals surface area (Å²) in [7, 11) is 0. The molecule has 1 aliphatic carbocycles. The lowest BCUT2D eigenvalue weighted by atomic mass is 9.85. The maximum atomic E-state index is 12.9. The fraction of sp³-hybridized carbons (Fsp3) is 0.500. The molecule has 132 valence electrons. The van der Waals surface area contributed by atoms with Crippen LogP contribution in [-0.2, 0) is 6.54 Å². The van der Waals surface area contributed by atoms with Gasteiger partial charge in [-0.05, 0) is 36.5 Å². The molecule has 1 aromatic carbocycles. The number of carbonyl (C=O) groups is 1. The first kappa shape index (κ1) is 16.2. The Balaban J connectivity index is 1.61. The third kappa shape index (κ3) is 2.81. The second-order valence-corrected chi connectivity index (χ2v) is 6.88. The maximum Gasteiger partial charge on any atom is 0.314 e. The molecule has 1 saturated carbocycles. The summed E-state index contributed by atoms with van der Waals surface area (Å²) in [5.74, 6) is -0.199. The van der Waals surface area contributed by atoms with Crippen molar-refractivity contribution in [2.45, 2.75) is 51.6 Å². The van der Waals surface area contributed by atoms with Crippen LogP contribution in [0.15, 0.2) is 22.6 Å². The third-order valence-corrected chi connectivity index (χ3v) is 5.28. The van der Waals surface area contributed by atoms with Gasteiger partial charge in [-0.2, -0.15) is 8.78 Å². The number of aromatic nitrogens is 2. The van der Waals surface area contributed by atoms with E-state index in [0.717, 1.165) is 24.8 Å². The van der Waals surface area contributed by atoms with Gasteiger partial charge in [0.05, 0.1) is 0 Å². The Labute approximate surface area is 144 Å². The van der Waals surface area contributed by atoms with Gasteiger partial charge in [0.15, 0.2) is 0 Å². The predicted octanol–water partition coefficient (Wildman–Crippen LogP) is 4.21. The van der Waals surface area contributed by atoms with Gasteiger partial charge in [0, 0.05) is 23.7 Å². The van der Waals surface area contributed by atoms with E-state index in [0.29, 0.717) is 23.6 Å². The molecule has 0 N–H and O–H groups in total. The van der Waals surface area contributed by atoms with Crippen LogP contribution in [0.4, 0.5) is 8.78 Å². The summed E-state index contributed by atoms with van der Waals surface area (Å²) in [6, 6.07) is 5.53. The number of rotatable bonds is 3. The third-order valence-electron chi connectivity index (χ3n) is 5.28. The molecule has 0 spiro atoms. The molecule has 4 rings (SSSR count). The molecule has 7 heteroatoms. The van der Waals surface area contributed by atoms with E-state index in [4.69, 9.17) is 4.42 Å². The minimum atomic E-state index is -2.81. The second-order valence-electron chi connectivity index (χ2n) is 6.88. The van der Waals surface area contributed by atoms with Gasteiger partial charge in [-0.25, -0.2) is 0 Å². The van der Waals surface area contributed by atoms with Gasteiger partial charge in [0.2, 0.25) is 5.89 Å². The summed E-state index contributed by atoms with van der Waals surface area (Å²) in [4.78, 5) is 14.8. The lowest BCUT2D eigenvalue weighted by Crippen LogP contribution is -2.41. The van der Waals surface area contributed by atoms with Crippen molar-refractivity contribution in [2.75, 3.05) is 0 Å². The number of fused-ring (bicyclic) bond motifs is 1. The normalized spacial score (nSPS) is 23.4. The summed E-state index contributed by atoms with van der Waals surface area (Å²) in [6.45, 7) is 2.81. The molecule has 1 aliphatic heterocycles. The Morgan fingerprint density at radius 1 is 1.24 bits per heavy atom. The largest absolute Gasteiger partial charge is 0.415 e. The molecule has 2 aromatic rings. The van der Waals surface area contributed by atoms with E-state index >= 15 is 0 Å². The zero-order valence-electron chi connectivity index (χ0n) is 13.9. The first-order valence-corrected chi connectivity index (χ1v) is 8.60. The quantitative estimate of drug-likeness (QED) is 0.834. The highest BCUT2D eigenvalue weighted by molar-refractivity contribution is 5.99. The number of hydrogen-bond donors (Lipinski definition) is 0. The van der Waals surface area contributed by atoms with Gasteiger partial charge in [-0.15, -0.1) is 10.2 Å². The van der Waals surface area contributed by atoms with Gasteiger partial charge in [-0.1, -0.05) is 25.8 Å². The van der Waals surface area contributed by atoms with Crippen molar-refractivity contribution in [3.8, 4) is 11.5 Å². The number of nitrogens with zero attached hydrogens (tertiary/aromatic N) is 3. The fourth-order valence-corrected chi connectivity index (χ4v) is 3.92. The number of amides is 1. The maximum absolute atomic E-state index is 12.9. The number of alkyl halides is 2. The monoisotopic (exact) mass is 347 g/mol. The molecule has 0 radical (unpaired) electrons. The molecule has 1 fully saturated rings. The molecule has 1 aromatic heterocycles. The lowest BCUT2D eigenvalue weighted by molar-refractivity contribution is 0.0579. The Morgan fingerprint density at radius 3 is 2.76 bits per heavy atom. The van der Waals surface area contributed by atoms with Crippen molar-refractivity contribution >= 4 is 5.91 Å². The van der Waals surface area contributed by atoms with E-state index in [1.165, 1.54) is 6.42 Å². The number of benzene rings is 1. The van der Waals surface area contributed by atoms with Crippen LogP contribution in [-0.4, -0.2) is 27.0 Å². The average molecular weight is 347 g/mol. The van der Waals surface area contributed by atoms with Crippen LogP contribution in [0.3, 0.4) is 0 Å². The molecule has 0 bridgehead atoms. The standard InChI is InChI=1S/C18H19F2N3O2/c1-10-4-2-3-5-14(10)23-9-12-7-6-11(8-13(12)18(23)24)16-21-22-17(25-16)15(19)20/h6-8,10,14-15H,2-5,9H2,1H3/t10-,14-/m1/s1. The molecule has 2 atom stereocenters. The van der Waals surface area contributed by atoms with Crippen molar-refractivity contribution in [1.29, 1.82) is 0 Å². The summed E-state index contributed by atoms with van der Waals surface area (Å²) in [5.41, 5.74) is 2.05. The van der Waals surface area contributed by atoms with Gasteiger partial charge >= 0.3 is 6.43 Å². The van der Waals surface area contributed by atoms with Crippen LogP contribution in [0, 0.1) is 5.92 Å². The smallest absolute Gasteiger partial charge is 0.314 e. The second kappa shape index (κ2) is 6.20. The SMILES string of the molecule is C[C@@H]1CCCC[C@H]1N1Cc2ccc(-c3nnc(C(F)F)o3)cc2C1=O. The van der Waals surface area contributed by atoms with Crippen LogP contribution in [0.5, 0.6) is 0 Å². The van der Waals surface area contributed by atoms with Crippen molar-refractivity contribution in [1.82, 2.24) is 15.1 Å². The Kier molecular flexibility index (Phi) is 4.01. The molecule has 2 heterocycles. The zero-order chi connectivity index (χ0) is 17.6. The van der Waals surface area contributed by atoms with Crippen molar-refractivity contribution in [3.63, 3.8) is 0 Å². The van der Waals surface area contributed by atoms with E-state index in [1.807, 2.05) is 11.0 Å². The van der Waals surface area contributed by atoms with Crippen LogP contribution in [0.2, 0.25) is 0 Å². The van der Waals surface area contributed by atoms with Gasteiger partial charge < -0.3 is 9.32 Å². The van der Waals surface area contributed by atoms with Gasteiger partial charge in [0.1, 0.15) is 0 Å². The highest BCUT2D eigenvalue weighted by atomic mass is 19.3. The predicted molar refractivity (Wildman–Crippen MR) is 86.0 cm³/mol. The molecule has 0 saturated heterocycles. The zero-order valence-corrected chi connectivity index (χ0v) is 13.9. The van der Waals surface area contributed by atoms with Crippen LogP contribution in [0.1, 0.15) is 60.8 Å². The number of halogens is 2. The first-order valence-electron chi connectivity index (χ1n) is 8.60. The lowest BCUT2D eigenvalue weighted by Gasteiger charge is -2.36. The molecular formula is C18H19F2N3O2. The summed E-state index contributed by atoms with van der Waals surface area (Å²) in [5, 5.41) is 7.00. The van der Waals surface area contributed by atoms with E-state index < -0.39 is 12.3 Å². The van der Waals surface area contributed by atoms with E-state index in [9.17, 15) is 13.6 Å². The topological polar surface area (TPSA) is 59.2 Å². The molecule has 0 unspecified atom stereocenters. The molecule has 1 amide bonds. The Morgan fingerprint density at radius 2 is 2.04 bits per heavy atom. The van der Waals surface area contributed by atoms with Crippen molar-refractivity contribution in [3.05, 3.63) is 35.2 Å². The summed E-state index contributed by atoms with van der Waals surface area (Å²) >= 11 is 0.